The number of ether oxygens (including phenoxy) is 1. The van der Waals surface area contributed by atoms with Crippen LogP contribution < -0.4 is 5.32 Å². The molecule has 5 heteroatoms. The van der Waals surface area contributed by atoms with E-state index in [1.165, 1.54) is 0 Å². The molecule has 25 heavy (non-hydrogen) atoms. The molecule has 3 rings (SSSR count). The van der Waals surface area contributed by atoms with Gasteiger partial charge >= 0.3 is 0 Å². The van der Waals surface area contributed by atoms with Crippen molar-refractivity contribution in [2.24, 2.45) is 0 Å². The molecule has 0 aromatic heterocycles. The largest absolute Gasteiger partial charge is 0.387 e. The predicted molar refractivity (Wildman–Crippen MR) is 97.1 cm³/mol. The van der Waals surface area contributed by atoms with Gasteiger partial charge in [0.05, 0.1) is 19.3 Å². The average molecular weight is 340 g/mol. The highest BCUT2D eigenvalue weighted by molar-refractivity contribution is 5.82. The number of hydrogen-bond donors (Lipinski definition) is 2. The molecule has 0 radical (unpaired) electrons. The van der Waals surface area contributed by atoms with Crippen molar-refractivity contribution in [3.8, 4) is 11.1 Å². The van der Waals surface area contributed by atoms with Gasteiger partial charge in [-0.2, -0.15) is 0 Å². The number of hydrogen-bond acceptors (Lipinski definition) is 4. The summed E-state index contributed by atoms with van der Waals surface area (Å²) in [5.41, 5.74) is 3.02. The van der Waals surface area contributed by atoms with E-state index in [-0.39, 0.29) is 18.5 Å². The SMILES string of the molecule is CN1CCOC[C@H]1C(=O)NC[C@@H](O)c1ccc(-c2ccccc2)cc1. The third-order valence-electron chi connectivity index (χ3n) is 4.57. The van der Waals surface area contributed by atoms with Crippen molar-refractivity contribution in [3.05, 3.63) is 60.2 Å². The summed E-state index contributed by atoms with van der Waals surface area (Å²) in [7, 11) is 1.91. The maximum absolute atomic E-state index is 12.2. The Balaban J connectivity index is 1.56. The first kappa shape index (κ1) is 17.6. The molecular weight excluding hydrogens is 316 g/mol. The van der Waals surface area contributed by atoms with Crippen LogP contribution in [0.25, 0.3) is 11.1 Å². The Kier molecular flexibility index (Phi) is 5.81. The molecule has 2 aromatic carbocycles. The summed E-state index contributed by atoms with van der Waals surface area (Å²) in [5, 5.41) is 13.2. The fourth-order valence-corrected chi connectivity index (χ4v) is 2.92. The molecule has 2 atom stereocenters. The van der Waals surface area contributed by atoms with E-state index in [1.54, 1.807) is 0 Å². The van der Waals surface area contributed by atoms with Crippen LogP contribution in [0.2, 0.25) is 0 Å². The molecule has 132 valence electrons. The standard InChI is InChI=1S/C20H24N2O3/c1-22-11-12-25-14-18(22)20(24)21-13-19(23)17-9-7-16(8-10-17)15-5-3-2-4-6-15/h2-10,18-19,23H,11-14H2,1H3,(H,21,24)/t18-,19+/m0/s1. The van der Waals surface area contributed by atoms with Gasteiger partial charge in [-0.25, -0.2) is 0 Å². The first-order valence-corrected chi connectivity index (χ1v) is 8.54. The Morgan fingerprint density at radius 3 is 2.56 bits per heavy atom. The van der Waals surface area contributed by atoms with Gasteiger partial charge in [0.25, 0.3) is 0 Å². The number of aliphatic hydroxyl groups is 1. The van der Waals surface area contributed by atoms with E-state index >= 15 is 0 Å². The molecular formula is C20H24N2O3. The van der Waals surface area contributed by atoms with Crippen LogP contribution in [-0.4, -0.2) is 55.3 Å². The lowest BCUT2D eigenvalue weighted by Gasteiger charge is -2.31. The van der Waals surface area contributed by atoms with Gasteiger partial charge in [0.1, 0.15) is 6.04 Å². The second kappa shape index (κ2) is 8.25. The Morgan fingerprint density at radius 1 is 1.20 bits per heavy atom. The number of nitrogens with zero attached hydrogens (tertiary/aromatic N) is 1. The molecule has 1 saturated heterocycles. The molecule has 0 spiro atoms. The fourth-order valence-electron chi connectivity index (χ4n) is 2.92. The summed E-state index contributed by atoms with van der Waals surface area (Å²) in [6.45, 7) is 1.97. The molecule has 1 amide bonds. The molecule has 1 aliphatic heterocycles. The summed E-state index contributed by atoms with van der Waals surface area (Å²) in [6, 6.07) is 17.6. The molecule has 1 fully saturated rings. The van der Waals surface area contributed by atoms with Crippen LogP contribution >= 0.6 is 0 Å². The van der Waals surface area contributed by atoms with Gasteiger partial charge in [-0.3, -0.25) is 9.69 Å². The van der Waals surface area contributed by atoms with Crippen LogP contribution in [0.1, 0.15) is 11.7 Å². The molecule has 0 bridgehead atoms. The van der Waals surface area contributed by atoms with E-state index < -0.39 is 6.10 Å². The monoisotopic (exact) mass is 340 g/mol. The third-order valence-corrected chi connectivity index (χ3v) is 4.57. The van der Waals surface area contributed by atoms with Crippen LogP contribution in [0.15, 0.2) is 54.6 Å². The van der Waals surface area contributed by atoms with E-state index in [2.05, 4.69) is 17.4 Å². The van der Waals surface area contributed by atoms with E-state index in [0.29, 0.717) is 13.2 Å². The van der Waals surface area contributed by atoms with Gasteiger partial charge in [-0.1, -0.05) is 54.6 Å². The van der Waals surface area contributed by atoms with Crippen molar-refractivity contribution in [1.29, 1.82) is 0 Å². The Labute approximate surface area is 148 Å². The smallest absolute Gasteiger partial charge is 0.239 e. The topological polar surface area (TPSA) is 61.8 Å². The number of carbonyl (C=O) groups is 1. The van der Waals surface area contributed by atoms with Crippen LogP contribution in [0.5, 0.6) is 0 Å². The van der Waals surface area contributed by atoms with E-state index in [9.17, 15) is 9.90 Å². The Hall–Kier alpha value is -2.21. The van der Waals surface area contributed by atoms with Gasteiger partial charge in [-0.15, -0.1) is 0 Å². The van der Waals surface area contributed by atoms with Gasteiger partial charge < -0.3 is 15.2 Å². The zero-order valence-electron chi connectivity index (χ0n) is 14.4. The summed E-state index contributed by atoms with van der Waals surface area (Å²) >= 11 is 0. The van der Waals surface area contributed by atoms with Crippen molar-refractivity contribution < 1.29 is 14.6 Å². The van der Waals surface area contributed by atoms with E-state index in [0.717, 1.165) is 23.2 Å². The lowest BCUT2D eigenvalue weighted by molar-refractivity contribution is -0.131. The summed E-state index contributed by atoms with van der Waals surface area (Å²) in [6.07, 6.45) is -0.733. The van der Waals surface area contributed by atoms with Crippen molar-refractivity contribution in [1.82, 2.24) is 10.2 Å². The van der Waals surface area contributed by atoms with Crippen LogP contribution in [0.4, 0.5) is 0 Å². The maximum atomic E-state index is 12.2. The fraction of sp³-hybridized carbons (Fsp3) is 0.350. The van der Waals surface area contributed by atoms with Crippen LogP contribution in [-0.2, 0) is 9.53 Å². The number of benzene rings is 2. The molecule has 1 heterocycles. The molecule has 5 nitrogen and oxygen atoms in total. The molecule has 1 aliphatic rings. The third kappa shape index (κ3) is 4.45. The second-order valence-corrected chi connectivity index (χ2v) is 6.32. The number of carbonyl (C=O) groups excluding carboxylic acids is 1. The van der Waals surface area contributed by atoms with Crippen molar-refractivity contribution >= 4 is 5.91 Å². The molecule has 2 N–H and O–H groups in total. The summed E-state index contributed by atoms with van der Waals surface area (Å²) < 4.78 is 5.36. The lowest BCUT2D eigenvalue weighted by Crippen LogP contribution is -2.52. The highest BCUT2D eigenvalue weighted by Crippen LogP contribution is 2.21. The normalized spacial score (nSPS) is 19.4. The Bertz CT molecular complexity index is 688. The van der Waals surface area contributed by atoms with Gasteiger partial charge in [0, 0.05) is 13.1 Å². The lowest BCUT2D eigenvalue weighted by atomic mass is 10.0. The first-order chi connectivity index (χ1) is 12.1. The molecule has 2 aromatic rings. The molecule has 0 saturated carbocycles. The van der Waals surface area contributed by atoms with Crippen molar-refractivity contribution in [2.75, 3.05) is 33.4 Å². The van der Waals surface area contributed by atoms with Crippen molar-refractivity contribution in [3.63, 3.8) is 0 Å². The Morgan fingerprint density at radius 2 is 1.88 bits per heavy atom. The quantitative estimate of drug-likeness (QED) is 0.872. The van der Waals surface area contributed by atoms with Crippen molar-refractivity contribution in [2.45, 2.75) is 12.1 Å². The van der Waals surface area contributed by atoms with Crippen LogP contribution in [0, 0.1) is 0 Å². The number of likely N-dealkylation sites (N-methyl/N-ethyl adjacent to an activating group) is 1. The second-order valence-electron chi connectivity index (χ2n) is 6.32. The van der Waals surface area contributed by atoms with E-state index in [4.69, 9.17) is 4.74 Å². The summed E-state index contributed by atoms with van der Waals surface area (Å²) in [4.78, 5) is 14.2. The number of nitrogens with one attached hydrogen (secondary N) is 1. The number of rotatable bonds is 5. The number of morpholine rings is 1. The highest BCUT2D eigenvalue weighted by atomic mass is 16.5. The van der Waals surface area contributed by atoms with Gasteiger partial charge in [-0.05, 0) is 23.7 Å². The first-order valence-electron chi connectivity index (χ1n) is 8.54. The minimum atomic E-state index is -0.733. The zero-order chi connectivity index (χ0) is 17.6. The average Bonchev–Trinajstić information content (AvgIpc) is 2.67. The minimum absolute atomic E-state index is 0.109. The zero-order valence-corrected chi connectivity index (χ0v) is 14.4. The predicted octanol–water partition coefficient (Wildman–Crippen LogP) is 1.83. The highest BCUT2D eigenvalue weighted by Gasteiger charge is 2.26. The van der Waals surface area contributed by atoms with Gasteiger partial charge in [0.2, 0.25) is 5.91 Å². The van der Waals surface area contributed by atoms with Crippen LogP contribution in [0.3, 0.4) is 0 Å². The maximum Gasteiger partial charge on any atom is 0.239 e. The number of amides is 1. The summed E-state index contributed by atoms with van der Waals surface area (Å²) in [5.74, 6) is -0.109. The molecule has 0 aliphatic carbocycles. The number of aliphatic hydroxyl groups excluding tert-OH is 1. The minimum Gasteiger partial charge on any atom is -0.387 e. The van der Waals surface area contributed by atoms with Gasteiger partial charge in [0.15, 0.2) is 0 Å². The van der Waals surface area contributed by atoms with E-state index in [1.807, 2.05) is 54.4 Å². The molecule has 0 unspecified atom stereocenters.